The molecule has 2 rings (SSSR count). The van der Waals surface area contributed by atoms with Crippen LogP contribution in [0.4, 0.5) is 0 Å². The first kappa shape index (κ1) is 12.7. The fraction of sp³-hybridized carbons (Fsp3) is 0.929. The summed E-state index contributed by atoms with van der Waals surface area (Å²) in [4.78, 5) is 22.4. The molecule has 3 heteroatoms. The van der Waals surface area contributed by atoms with Gasteiger partial charge in [-0.05, 0) is 48.9 Å². The van der Waals surface area contributed by atoms with E-state index in [4.69, 9.17) is 0 Å². The van der Waals surface area contributed by atoms with Crippen LogP contribution >= 0.6 is 0 Å². The summed E-state index contributed by atoms with van der Waals surface area (Å²) >= 11 is 0. The first-order chi connectivity index (χ1) is 7.81. The van der Waals surface area contributed by atoms with Crippen LogP contribution in [0.15, 0.2) is 5.18 Å². The lowest BCUT2D eigenvalue weighted by atomic mass is 9.62. The molecule has 0 saturated heterocycles. The topological polar surface area (TPSA) is 46.5 Å². The lowest BCUT2D eigenvalue weighted by Gasteiger charge is -2.42. The number of rotatable bonds is 4. The van der Waals surface area contributed by atoms with E-state index in [2.05, 4.69) is 25.9 Å². The third-order valence-electron chi connectivity index (χ3n) is 5.60. The fourth-order valence-corrected chi connectivity index (χ4v) is 4.35. The van der Waals surface area contributed by atoms with Crippen molar-refractivity contribution < 1.29 is 4.79 Å². The van der Waals surface area contributed by atoms with Gasteiger partial charge in [0.05, 0.1) is 0 Å². The molecule has 17 heavy (non-hydrogen) atoms. The van der Waals surface area contributed by atoms with E-state index >= 15 is 0 Å². The van der Waals surface area contributed by atoms with Gasteiger partial charge in [0.1, 0.15) is 6.04 Å². The second kappa shape index (κ2) is 3.89. The normalized spacial score (nSPS) is 40.2. The molecule has 0 aromatic heterocycles. The van der Waals surface area contributed by atoms with Crippen molar-refractivity contribution in [2.24, 2.45) is 27.8 Å². The molecule has 3 nitrogen and oxygen atoms in total. The van der Waals surface area contributed by atoms with Crippen molar-refractivity contribution in [1.82, 2.24) is 0 Å². The predicted octanol–water partition coefficient (Wildman–Crippen LogP) is 3.56. The molecule has 2 saturated carbocycles. The maximum Gasteiger partial charge on any atom is 0.160 e. The molecule has 4 atom stereocenters. The molecule has 0 aromatic rings. The first-order valence-electron chi connectivity index (χ1n) is 6.66. The standard InChI is InChI=1S/C14H23NO2/c1-9(15-17)11(16)7-12-13(2,3)10-5-6-14(12,4)8-10/h9-10,12H,5-8H2,1-4H3. The number of carbonyl (C=O) groups is 1. The van der Waals surface area contributed by atoms with Crippen molar-refractivity contribution in [2.75, 3.05) is 0 Å². The average molecular weight is 237 g/mol. The maximum atomic E-state index is 11.9. The highest BCUT2D eigenvalue weighted by Gasteiger charge is 2.59. The van der Waals surface area contributed by atoms with Gasteiger partial charge in [-0.1, -0.05) is 25.9 Å². The number of ketones is 1. The summed E-state index contributed by atoms with van der Waals surface area (Å²) in [7, 11) is 0. The van der Waals surface area contributed by atoms with E-state index in [1.807, 2.05) is 0 Å². The van der Waals surface area contributed by atoms with Crippen LogP contribution in [0.25, 0.3) is 0 Å². The predicted molar refractivity (Wildman–Crippen MR) is 67.6 cm³/mol. The fourth-order valence-electron chi connectivity index (χ4n) is 4.35. The molecule has 0 heterocycles. The van der Waals surface area contributed by atoms with Gasteiger partial charge in [0, 0.05) is 6.42 Å². The summed E-state index contributed by atoms with van der Waals surface area (Å²) in [6, 6.07) is -0.673. The monoisotopic (exact) mass is 237 g/mol. The van der Waals surface area contributed by atoms with Gasteiger partial charge in [0.15, 0.2) is 5.78 Å². The number of nitrogens with zero attached hydrogens (tertiary/aromatic N) is 1. The third-order valence-corrected chi connectivity index (χ3v) is 5.60. The minimum atomic E-state index is -0.673. The number of hydrogen-bond donors (Lipinski definition) is 0. The Kier molecular flexibility index (Phi) is 2.91. The Morgan fingerprint density at radius 3 is 2.53 bits per heavy atom. The molecule has 0 radical (unpaired) electrons. The van der Waals surface area contributed by atoms with Crippen molar-refractivity contribution in [3.8, 4) is 0 Å². The van der Waals surface area contributed by atoms with E-state index < -0.39 is 6.04 Å². The van der Waals surface area contributed by atoms with Gasteiger partial charge in [-0.25, -0.2) is 0 Å². The van der Waals surface area contributed by atoms with Crippen LogP contribution in [0, 0.1) is 27.6 Å². The van der Waals surface area contributed by atoms with E-state index in [1.54, 1.807) is 6.92 Å². The quantitative estimate of drug-likeness (QED) is 0.702. The van der Waals surface area contributed by atoms with Crippen molar-refractivity contribution >= 4 is 5.78 Å². The van der Waals surface area contributed by atoms with Crippen molar-refractivity contribution in [1.29, 1.82) is 0 Å². The number of fused-ring (bicyclic) bond motifs is 2. The minimum absolute atomic E-state index is 0.0202. The minimum Gasteiger partial charge on any atom is -0.297 e. The van der Waals surface area contributed by atoms with Crippen LogP contribution in [-0.4, -0.2) is 11.8 Å². The second-order valence-corrected chi connectivity index (χ2v) is 6.92. The SMILES string of the molecule is CC(N=O)C(=O)CC1C2(C)CCC(C2)C1(C)C. The Hall–Kier alpha value is -0.730. The number of Topliss-reactive ketones (excluding diaryl/α,β-unsaturated/α-hetero) is 1. The average Bonchev–Trinajstić information content (AvgIpc) is 2.74. The molecule has 4 unspecified atom stereocenters. The van der Waals surface area contributed by atoms with Gasteiger partial charge in [-0.3, -0.25) is 4.79 Å². The van der Waals surface area contributed by atoms with Crippen LogP contribution in [-0.2, 0) is 4.79 Å². The Bertz CT molecular complexity index is 345. The zero-order valence-corrected chi connectivity index (χ0v) is 11.3. The van der Waals surface area contributed by atoms with E-state index in [-0.39, 0.29) is 11.2 Å². The zero-order valence-electron chi connectivity index (χ0n) is 11.3. The molecule has 0 N–H and O–H groups in total. The van der Waals surface area contributed by atoms with Gasteiger partial charge in [-0.15, -0.1) is 0 Å². The summed E-state index contributed by atoms with van der Waals surface area (Å²) in [6.07, 6.45) is 4.32. The lowest BCUT2D eigenvalue weighted by Crippen LogP contribution is -2.37. The zero-order chi connectivity index (χ0) is 12.8. The molecular weight excluding hydrogens is 214 g/mol. The second-order valence-electron chi connectivity index (χ2n) is 6.92. The van der Waals surface area contributed by atoms with Crippen LogP contribution in [0.3, 0.4) is 0 Å². The van der Waals surface area contributed by atoms with Crippen LogP contribution in [0.1, 0.15) is 53.4 Å². The van der Waals surface area contributed by atoms with Crippen molar-refractivity contribution in [2.45, 2.75) is 59.4 Å². The summed E-state index contributed by atoms with van der Waals surface area (Å²) < 4.78 is 0. The Balaban J connectivity index is 2.15. The van der Waals surface area contributed by atoms with Gasteiger partial charge in [-0.2, -0.15) is 4.91 Å². The summed E-state index contributed by atoms with van der Waals surface area (Å²) in [5, 5.41) is 2.86. The van der Waals surface area contributed by atoms with Crippen LogP contribution in [0.2, 0.25) is 0 Å². The largest absolute Gasteiger partial charge is 0.297 e. The summed E-state index contributed by atoms with van der Waals surface area (Å²) in [5.74, 6) is 1.20. The molecule has 2 aliphatic carbocycles. The Labute approximate surface area is 103 Å². The van der Waals surface area contributed by atoms with E-state index in [9.17, 15) is 9.70 Å². The number of nitroso groups, excluding NO2 is 1. The van der Waals surface area contributed by atoms with Crippen molar-refractivity contribution in [3.05, 3.63) is 4.91 Å². The molecule has 2 fully saturated rings. The molecule has 2 bridgehead atoms. The van der Waals surface area contributed by atoms with Crippen LogP contribution < -0.4 is 0 Å². The molecule has 96 valence electrons. The summed E-state index contributed by atoms with van der Waals surface area (Å²) in [5.41, 5.74) is 0.553. The highest BCUT2D eigenvalue weighted by molar-refractivity contribution is 5.84. The summed E-state index contributed by atoms with van der Waals surface area (Å²) in [6.45, 7) is 8.51. The van der Waals surface area contributed by atoms with Gasteiger partial charge >= 0.3 is 0 Å². The molecular formula is C14H23NO2. The highest BCUT2D eigenvalue weighted by Crippen LogP contribution is 2.66. The van der Waals surface area contributed by atoms with E-state index in [0.29, 0.717) is 17.8 Å². The molecule has 0 aromatic carbocycles. The van der Waals surface area contributed by atoms with Crippen molar-refractivity contribution in [3.63, 3.8) is 0 Å². The Morgan fingerprint density at radius 2 is 2.06 bits per heavy atom. The van der Waals surface area contributed by atoms with Crippen LogP contribution in [0.5, 0.6) is 0 Å². The molecule has 2 aliphatic rings. The Morgan fingerprint density at radius 1 is 1.41 bits per heavy atom. The molecule has 0 aliphatic heterocycles. The maximum absolute atomic E-state index is 11.9. The van der Waals surface area contributed by atoms with Gasteiger partial charge in [0.25, 0.3) is 0 Å². The van der Waals surface area contributed by atoms with Gasteiger partial charge < -0.3 is 0 Å². The molecule has 0 spiro atoms. The number of hydrogen-bond acceptors (Lipinski definition) is 3. The highest BCUT2D eigenvalue weighted by atomic mass is 16.3. The smallest absolute Gasteiger partial charge is 0.160 e. The third kappa shape index (κ3) is 1.84. The lowest BCUT2D eigenvalue weighted by molar-refractivity contribution is -0.123. The first-order valence-corrected chi connectivity index (χ1v) is 6.66. The van der Waals surface area contributed by atoms with E-state index in [1.165, 1.54) is 19.3 Å². The van der Waals surface area contributed by atoms with E-state index in [0.717, 1.165) is 5.92 Å². The molecule has 0 amide bonds. The van der Waals surface area contributed by atoms with Gasteiger partial charge in [0.2, 0.25) is 0 Å². The number of carbonyl (C=O) groups excluding carboxylic acids is 1.